The number of hydrogen-bond acceptors (Lipinski definition) is 5. The smallest absolute Gasteiger partial charge is 0.417 e. The van der Waals surface area contributed by atoms with Gasteiger partial charge in [-0.15, -0.1) is 0 Å². The second-order valence-electron chi connectivity index (χ2n) is 7.49. The molecule has 6 nitrogen and oxygen atoms in total. The molecule has 0 radical (unpaired) electrons. The lowest BCUT2D eigenvalue weighted by Gasteiger charge is -2.38. The summed E-state index contributed by atoms with van der Waals surface area (Å²) in [4.78, 5) is 30.3. The Balaban J connectivity index is 1.47. The molecule has 2 fully saturated rings. The van der Waals surface area contributed by atoms with Crippen LogP contribution < -0.4 is 9.80 Å². The molecular weight excluding hydrogens is 435 g/mol. The molecule has 164 valence electrons. The molecule has 2 heterocycles. The summed E-state index contributed by atoms with van der Waals surface area (Å²) < 4.78 is 39.5. The topological polar surface area (TPSA) is 64.1 Å². The summed E-state index contributed by atoms with van der Waals surface area (Å²) >= 11 is 5.65. The highest BCUT2D eigenvalue weighted by molar-refractivity contribution is 6.31. The minimum atomic E-state index is -4.69. The SMILES string of the molecule is O=C1CC(N2CCN(c3ccc(O)cc3)CC2)C(=O)N1c1ccc(Cl)c(C(F)(F)F)c1. The van der Waals surface area contributed by atoms with Crippen LogP contribution in [0.25, 0.3) is 0 Å². The molecule has 0 saturated carbocycles. The first-order valence-corrected chi connectivity index (χ1v) is 10.0. The molecule has 0 aromatic heterocycles. The Morgan fingerprint density at radius 2 is 1.55 bits per heavy atom. The Kier molecular flexibility index (Phi) is 5.57. The summed E-state index contributed by atoms with van der Waals surface area (Å²) in [5.41, 5.74) is -0.274. The van der Waals surface area contributed by atoms with Crippen LogP contribution in [0.15, 0.2) is 42.5 Å². The summed E-state index contributed by atoms with van der Waals surface area (Å²) in [5, 5.41) is 8.93. The Morgan fingerprint density at radius 1 is 0.935 bits per heavy atom. The van der Waals surface area contributed by atoms with Gasteiger partial charge in [-0.2, -0.15) is 13.2 Å². The van der Waals surface area contributed by atoms with Crippen molar-refractivity contribution in [3.8, 4) is 5.75 Å². The maximum Gasteiger partial charge on any atom is 0.417 e. The van der Waals surface area contributed by atoms with Crippen molar-refractivity contribution >= 4 is 34.8 Å². The molecule has 2 aliphatic heterocycles. The second-order valence-corrected chi connectivity index (χ2v) is 7.90. The predicted molar refractivity (Wildman–Crippen MR) is 109 cm³/mol. The highest BCUT2D eigenvalue weighted by Crippen LogP contribution is 2.38. The van der Waals surface area contributed by atoms with Crippen LogP contribution in [-0.2, 0) is 15.8 Å². The number of alkyl halides is 3. The monoisotopic (exact) mass is 453 g/mol. The molecule has 4 rings (SSSR count). The normalized spacial score (nSPS) is 20.6. The summed E-state index contributed by atoms with van der Waals surface area (Å²) in [6.07, 6.45) is -4.77. The van der Waals surface area contributed by atoms with Crippen molar-refractivity contribution in [2.75, 3.05) is 36.0 Å². The number of carbonyl (C=O) groups is 2. The number of halogens is 4. The molecule has 1 N–H and O–H groups in total. The zero-order chi connectivity index (χ0) is 22.3. The number of phenols is 1. The van der Waals surface area contributed by atoms with Gasteiger partial charge in [-0.1, -0.05) is 11.6 Å². The van der Waals surface area contributed by atoms with Crippen molar-refractivity contribution in [2.45, 2.75) is 18.6 Å². The van der Waals surface area contributed by atoms with Crippen molar-refractivity contribution < 1.29 is 27.9 Å². The number of aromatic hydroxyl groups is 1. The van der Waals surface area contributed by atoms with Gasteiger partial charge >= 0.3 is 6.18 Å². The van der Waals surface area contributed by atoms with Crippen LogP contribution in [0.1, 0.15) is 12.0 Å². The first-order valence-electron chi connectivity index (χ1n) is 9.67. The zero-order valence-corrected chi connectivity index (χ0v) is 17.0. The molecule has 1 unspecified atom stereocenters. The van der Waals surface area contributed by atoms with Crippen LogP contribution in [0.5, 0.6) is 5.75 Å². The molecule has 0 bridgehead atoms. The third-order valence-electron chi connectivity index (χ3n) is 5.61. The fraction of sp³-hybridized carbons (Fsp3) is 0.333. The summed E-state index contributed by atoms with van der Waals surface area (Å²) in [7, 11) is 0. The standard InChI is InChI=1S/C21H19ClF3N3O3/c22-17-6-3-14(11-16(17)21(23,24)25)28-19(30)12-18(20(28)31)27-9-7-26(8-10-27)13-1-4-15(29)5-2-13/h1-6,11,18,29H,7-10,12H2. The van der Waals surface area contributed by atoms with E-state index in [2.05, 4.69) is 4.90 Å². The first kappa shape index (κ1) is 21.5. The quantitative estimate of drug-likeness (QED) is 0.720. The maximum absolute atomic E-state index is 13.2. The molecule has 10 heteroatoms. The maximum atomic E-state index is 13.2. The van der Waals surface area contributed by atoms with Crippen molar-refractivity contribution in [2.24, 2.45) is 0 Å². The fourth-order valence-corrected chi connectivity index (χ4v) is 4.22. The van der Waals surface area contributed by atoms with E-state index in [9.17, 15) is 27.9 Å². The van der Waals surface area contributed by atoms with Gasteiger partial charge in [0.25, 0.3) is 5.91 Å². The van der Waals surface area contributed by atoms with Gasteiger partial charge in [-0.05, 0) is 42.5 Å². The Hall–Kier alpha value is -2.78. The lowest BCUT2D eigenvalue weighted by atomic mass is 10.1. The van der Waals surface area contributed by atoms with Crippen LogP contribution in [0, 0.1) is 0 Å². The Labute approximate surface area is 181 Å². The third-order valence-corrected chi connectivity index (χ3v) is 5.94. The number of benzene rings is 2. The summed E-state index contributed by atoms with van der Waals surface area (Å²) in [5.74, 6) is -0.890. The van der Waals surface area contributed by atoms with E-state index < -0.39 is 34.6 Å². The average molecular weight is 454 g/mol. The van der Waals surface area contributed by atoms with E-state index >= 15 is 0 Å². The molecule has 2 aromatic carbocycles. The number of nitrogens with zero attached hydrogens (tertiary/aromatic N) is 3. The van der Waals surface area contributed by atoms with Gasteiger partial charge in [0.05, 0.1) is 28.7 Å². The molecule has 2 aliphatic rings. The molecule has 2 amide bonds. The average Bonchev–Trinajstić information content (AvgIpc) is 3.02. The molecule has 0 aliphatic carbocycles. The van der Waals surface area contributed by atoms with Gasteiger partial charge in [-0.25, -0.2) is 4.90 Å². The number of hydrogen-bond donors (Lipinski definition) is 1. The van der Waals surface area contributed by atoms with Crippen LogP contribution in [0.2, 0.25) is 5.02 Å². The van der Waals surface area contributed by atoms with Crippen molar-refractivity contribution in [1.82, 2.24) is 4.90 Å². The highest BCUT2D eigenvalue weighted by Gasteiger charge is 2.44. The number of piperazine rings is 1. The number of imide groups is 1. The third kappa shape index (κ3) is 4.20. The van der Waals surface area contributed by atoms with Gasteiger partial charge < -0.3 is 10.0 Å². The number of carbonyl (C=O) groups excluding carboxylic acids is 2. The highest BCUT2D eigenvalue weighted by atomic mass is 35.5. The summed E-state index contributed by atoms with van der Waals surface area (Å²) in [6, 6.07) is 9.12. The van der Waals surface area contributed by atoms with E-state index in [0.29, 0.717) is 26.2 Å². The molecule has 1 atom stereocenters. The zero-order valence-electron chi connectivity index (χ0n) is 16.3. The van der Waals surface area contributed by atoms with Gasteiger partial charge in [0.15, 0.2) is 0 Å². The number of amides is 2. The van der Waals surface area contributed by atoms with Crippen LogP contribution >= 0.6 is 11.6 Å². The molecule has 2 aromatic rings. The van der Waals surface area contributed by atoms with Gasteiger partial charge in [0.2, 0.25) is 5.91 Å². The van der Waals surface area contributed by atoms with Crippen LogP contribution in [-0.4, -0.2) is 54.0 Å². The predicted octanol–water partition coefficient (Wildman–Crippen LogP) is 3.52. The molecule has 2 saturated heterocycles. The van der Waals surface area contributed by atoms with Crippen LogP contribution in [0.4, 0.5) is 24.5 Å². The van der Waals surface area contributed by atoms with E-state index in [-0.39, 0.29) is 17.9 Å². The van der Waals surface area contributed by atoms with Crippen LogP contribution in [0.3, 0.4) is 0 Å². The summed E-state index contributed by atoms with van der Waals surface area (Å²) in [6.45, 7) is 2.27. The van der Waals surface area contributed by atoms with Crippen molar-refractivity contribution in [3.05, 3.63) is 53.1 Å². The number of phenolic OH excluding ortho intramolecular Hbond substituents is 1. The Bertz CT molecular complexity index is 1010. The largest absolute Gasteiger partial charge is 0.508 e. The van der Waals surface area contributed by atoms with Gasteiger partial charge in [0.1, 0.15) is 5.75 Å². The second kappa shape index (κ2) is 8.05. The minimum absolute atomic E-state index is 0.0813. The lowest BCUT2D eigenvalue weighted by molar-refractivity contribution is -0.137. The van der Waals surface area contributed by atoms with E-state index in [0.717, 1.165) is 22.7 Å². The number of rotatable bonds is 3. The van der Waals surface area contributed by atoms with E-state index in [1.54, 1.807) is 24.3 Å². The fourth-order valence-electron chi connectivity index (χ4n) is 4.00. The van der Waals surface area contributed by atoms with Gasteiger partial charge in [0, 0.05) is 31.9 Å². The van der Waals surface area contributed by atoms with E-state index in [4.69, 9.17) is 11.6 Å². The minimum Gasteiger partial charge on any atom is -0.508 e. The Morgan fingerprint density at radius 3 is 2.16 bits per heavy atom. The lowest BCUT2D eigenvalue weighted by Crippen LogP contribution is -2.52. The first-order chi connectivity index (χ1) is 14.6. The van der Waals surface area contributed by atoms with Crippen molar-refractivity contribution in [1.29, 1.82) is 0 Å². The van der Waals surface area contributed by atoms with E-state index in [1.807, 2.05) is 4.90 Å². The van der Waals surface area contributed by atoms with Crippen molar-refractivity contribution in [3.63, 3.8) is 0 Å². The van der Waals surface area contributed by atoms with E-state index in [1.165, 1.54) is 6.07 Å². The molecule has 0 spiro atoms. The number of anilines is 2. The molecule has 31 heavy (non-hydrogen) atoms. The van der Waals surface area contributed by atoms with Gasteiger partial charge in [-0.3, -0.25) is 14.5 Å². The molecular formula is C21H19ClF3N3O3.